The first kappa shape index (κ1) is 28.7. The Bertz CT molecular complexity index is 1910. The first-order valence-corrected chi connectivity index (χ1v) is 13.2. The van der Waals surface area contributed by atoms with Crippen molar-refractivity contribution in [1.82, 2.24) is 14.4 Å². The standard InChI is InChI=1S/C32H28F3N3O4/c1-19-14-24-28(15-20(19)2)42-18-26(29(24)39)31(41)37(4)13-12-36(3)30(40)25-17-38(27-11-6-5-10-23(25)27)22-9-7-8-21(16-22)32(33,34)35/h5-11,14-18H,12-13H2,1-4H3. The minimum Gasteiger partial charge on any atom is -0.463 e. The van der Waals surface area contributed by atoms with E-state index in [1.54, 1.807) is 54.1 Å². The molecule has 0 atom stereocenters. The van der Waals surface area contributed by atoms with E-state index >= 15 is 0 Å². The van der Waals surface area contributed by atoms with Crippen molar-refractivity contribution in [2.24, 2.45) is 0 Å². The lowest BCUT2D eigenvalue weighted by atomic mass is 10.1. The van der Waals surface area contributed by atoms with Crippen LogP contribution >= 0.6 is 0 Å². The summed E-state index contributed by atoms with van der Waals surface area (Å²) in [6.45, 7) is 4.04. The number of alkyl halides is 3. The number of hydrogen-bond acceptors (Lipinski definition) is 4. The highest BCUT2D eigenvalue weighted by Gasteiger charge is 2.31. The lowest BCUT2D eigenvalue weighted by molar-refractivity contribution is -0.137. The van der Waals surface area contributed by atoms with Crippen LogP contribution in [0, 0.1) is 13.8 Å². The highest BCUT2D eigenvalue weighted by atomic mass is 19.4. The van der Waals surface area contributed by atoms with Crippen LogP contribution in [0.5, 0.6) is 0 Å². The number of fused-ring (bicyclic) bond motifs is 2. The minimum absolute atomic E-state index is 0.105. The number of likely N-dealkylation sites (N-methyl/N-ethyl adjacent to an activating group) is 2. The molecule has 0 unspecified atom stereocenters. The zero-order valence-corrected chi connectivity index (χ0v) is 23.5. The molecule has 3 aromatic carbocycles. The molecular formula is C32H28F3N3O4. The zero-order valence-electron chi connectivity index (χ0n) is 23.5. The fourth-order valence-electron chi connectivity index (χ4n) is 4.84. The first-order chi connectivity index (χ1) is 19.9. The van der Waals surface area contributed by atoms with E-state index in [0.29, 0.717) is 27.4 Å². The smallest absolute Gasteiger partial charge is 0.416 e. The third-order valence-electron chi connectivity index (χ3n) is 7.48. The summed E-state index contributed by atoms with van der Waals surface area (Å²) in [4.78, 5) is 42.5. The third-order valence-corrected chi connectivity index (χ3v) is 7.48. The van der Waals surface area contributed by atoms with Gasteiger partial charge in [-0.05, 0) is 61.4 Å². The highest BCUT2D eigenvalue weighted by molar-refractivity contribution is 6.07. The van der Waals surface area contributed by atoms with E-state index in [-0.39, 0.29) is 30.2 Å². The van der Waals surface area contributed by atoms with Gasteiger partial charge in [0.15, 0.2) is 0 Å². The maximum absolute atomic E-state index is 13.5. The summed E-state index contributed by atoms with van der Waals surface area (Å²) in [7, 11) is 3.11. The van der Waals surface area contributed by atoms with Crippen molar-refractivity contribution in [3.05, 3.63) is 111 Å². The van der Waals surface area contributed by atoms with Gasteiger partial charge < -0.3 is 18.8 Å². The number of aromatic nitrogens is 1. The molecule has 5 rings (SSSR count). The largest absolute Gasteiger partial charge is 0.463 e. The number of carbonyl (C=O) groups is 2. The van der Waals surface area contributed by atoms with Crippen molar-refractivity contribution >= 4 is 33.7 Å². The molecule has 216 valence electrons. The van der Waals surface area contributed by atoms with Crippen molar-refractivity contribution in [3.63, 3.8) is 0 Å². The summed E-state index contributed by atoms with van der Waals surface area (Å²) >= 11 is 0. The number of hydrogen-bond donors (Lipinski definition) is 0. The maximum Gasteiger partial charge on any atom is 0.416 e. The van der Waals surface area contributed by atoms with E-state index in [1.165, 1.54) is 29.1 Å². The number of nitrogens with zero attached hydrogens (tertiary/aromatic N) is 3. The molecule has 10 heteroatoms. The molecule has 0 saturated carbocycles. The Morgan fingerprint density at radius 3 is 2.17 bits per heavy atom. The number of carbonyl (C=O) groups excluding carboxylic acids is 2. The van der Waals surface area contributed by atoms with Crippen molar-refractivity contribution in [3.8, 4) is 5.69 Å². The number of aryl methyl sites for hydroxylation is 2. The van der Waals surface area contributed by atoms with Crippen LogP contribution in [0.4, 0.5) is 13.2 Å². The van der Waals surface area contributed by atoms with Crippen molar-refractivity contribution < 1.29 is 27.2 Å². The molecule has 0 aliphatic heterocycles. The third kappa shape index (κ3) is 5.27. The molecule has 0 aliphatic rings. The SMILES string of the molecule is Cc1cc2occ(C(=O)N(C)CCN(C)C(=O)c3cn(-c4cccc(C(F)(F)F)c4)c4ccccc34)c(=O)c2cc1C. The maximum atomic E-state index is 13.5. The van der Waals surface area contributed by atoms with Gasteiger partial charge in [0, 0.05) is 44.5 Å². The second-order valence-electron chi connectivity index (χ2n) is 10.3. The van der Waals surface area contributed by atoms with Gasteiger partial charge >= 0.3 is 6.18 Å². The molecule has 2 heterocycles. The Morgan fingerprint density at radius 2 is 1.48 bits per heavy atom. The van der Waals surface area contributed by atoms with Gasteiger partial charge in [-0.15, -0.1) is 0 Å². The number of benzene rings is 3. The molecule has 0 N–H and O–H groups in total. The molecule has 0 radical (unpaired) electrons. The van der Waals surface area contributed by atoms with Gasteiger partial charge in [0.1, 0.15) is 17.4 Å². The summed E-state index contributed by atoms with van der Waals surface area (Å²) in [6, 6.07) is 15.3. The molecule has 2 amide bonds. The molecule has 5 aromatic rings. The fraction of sp³-hybridized carbons (Fsp3) is 0.219. The summed E-state index contributed by atoms with van der Waals surface area (Å²) < 4.78 is 47.2. The molecule has 42 heavy (non-hydrogen) atoms. The normalized spacial score (nSPS) is 11.7. The van der Waals surface area contributed by atoms with Gasteiger partial charge in [-0.25, -0.2) is 0 Å². The molecule has 7 nitrogen and oxygen atoms in total. The van der Waals surface area contributed by atoms with E-state index in [9.17, 15) is 27.6 Å². The van der Waals surface area contributed by atoms with Crippen LogP contribution in [0.2, 0.25) is 0 Å². The van der Waals surface area contributed by atoms with Gasteiger partial charge in [-0.1, -0.05) is 24.3 Å². The fourth-order valence-corrected chi connectivity index (χ4v) is 4.84. The summed E-state index contributed by atoms with van der Waals surface area (Å²) in [5.41, 5.74) is 2.10. The Kier molecular flexibility index (Phi) is 7.40. The van der Waals surface area contributed by atoms with E-state index in [4.69, 9.17) is 4.42 Å². The number of amides is 2. The predicted molar refractivity (Wildman–Crippen MR) is 154 cm³/mol. The van der Waals surface area contributed by atoms with Crippen LogP contribution in [0.25, 0.3) is 27.6 Å². The quantitative estimate of drug-likeness (QED) is 0.241. The summed E-state index contributed by atoms with van der Waals surface area (Å²) in [5.74, 6) is -0.903. The van der Waals surface area contributed by atoms with Crippen LogP contribution in [0.3, 0.4) is 0 Å². The Morgan fingerprint density at radius 1 is 0.833 bits per heavy atom. The second-order valence-corrected chi connectivity index (χ2v) is 10.3. The van der Waals surface area contributed by atoms with Crippen LogP contribution in [0.15, 0.2) is 82.3 Å². The number of rotatable bonds is 6. The van der Waals surface area contributed by atoms with Crippen molar-refractivity contribution in [1.29, 1.82) is 0 Å². The first-order valence-electron chi connectivity index (χ1n) is 13.2. The van der Waals surface area contributed by atoms with Crippen LogP contribution in [-0.4, -0.2) is 53.4 Å². The molecule has 0 bridgehead atoms. The number of halogens is 3. The van der Waals surface area contributed by atoms with Crippen LogP contribution < -0.4 is 5.43 Å². The van der Waals surface area contributed by atoms with E-state index in [0.717, 1.165) is 29.5 Å². The zero-order chi connectivity index (χ0) is 30.3. The molecule has 0 aliphatic carbocycles. The van der Waals surface area contributed by atoms with Gasteiger partial charge in [0.2, 0.25) is 5.43 Å². The molecule has 0 fully saturated rings. The summed E-state index contributed by atoms with van der Waals surface area (Å²) in [5, 5.41) is 0.900. The van der Waals surface area contributed by atoms with Gasteiger partial charge in [-0.3, -0.25) is 14.4 Å². The van der Waals surface area contributed by atoms with Gasteiger partial charge in [-0.2, -0.15) is 13.2 Å². The van der Waals surface area contributed by atoms with E-state index < -0.39 is 23.1 Å². The second kappa shape index (κ2) is 10.8. The van der Waals surface area contributed by atoms with Crippen molar-refractivity contribution in [2.75, 3.05) is 27.2 Å². The topological polar surface area (TPSA) is 75.8 Å². The van der Waals surface area contributed by atoms with Crippen LogP contribution in [-0.2, 0) is 6.18 Å². The monoisotopic (exact) mass is 575 g/mol. The highest BCUT2D eigenvalue weighted by Crippen LogP contribution is 2.32. The van der Waals surface area contributed by atoms with E-state index in [2.05, 4.69) is 0 Å². The van der Waals surface area contributed by atoms with Gasteiger partial charge in [0.25, 0.3) is 11.8 Å². The average molecular weight is 576 g/mol. The lowest BCUT2D eigenvalue weighted by Crippen LogP contribution is -2.38. The van der Waals surface area contributed by atoms with Crippen molar-refractivity contribution in [2.45, 2.75) is 20.0 Å². The Labute approximate surface area is 239 Å². The molecule has 0 spiro atoms. The average Bonchev–Trinajstić information content (AvgIpc) is 3.35. The molecule has 0 saturated heterocycles. The summed E-state index contributed by atoms with van der Waals surface area (Å²) in [6.07, 6.45) is -1.82. The number of para-hydroxylation sites is 1. The predicted octanol–water partition coefficient (Wildman–Crippen LogP) is 6.22. The molecular weight excluding hydrogens is 547 g/mol. The Balaban J connectivity index is 1.36. The lowest BCUT2D eigenvalue weighted by Gasteiger charge is -2.22. The molecule has 2 aromatic heterocycles. The van der Waals surface area contributed by atoms with E-state index in [1.807, 2.05) is 13.8 Å². The van der Waals surface area contributed by atoms with Gasteiger partial charge in [0.05, 0.1) is 22.0 Å². The Hall–Kier alpha value is -4.86. The van der Waals surface area contributed by atoms with Crippen LogP contribution in [0.1, 0.15) is 37.4 Å². The minimum atomic E-state index is -4.51.